The average molecular weight is 455 g/mol. The Kier molecular flexibility index (Phi) is 4.92. The molecule has 28 heavy (non-hydrogen) atoms. The molecule has 0 radical (unpaired) electrons. The largest absolute Gasteiger partial charge is 0.497 e. The quantitative estimate of drug-likeness (QED) is 0.477. The SMILES string of the molecule is COc1ccc(S(=O)(=O)Nc2nc3scc(-c4ccc(Cl)cc4Cl)n3n2)cc1. The molecule has 2 aromatic carbocycles. The minimum absolute atomic E-state index is 0.0333. The number of hydrogen-bond donors (Lipinski definition) is 1. The molecule has 0 aliphatic carbocycles. The van der Waals surface area contributed by atoms with Crippen LogP contribution in [-0.4, -0.2) is 30.1 Å². The van der Waals surface area contributed by atoms with Gasteiger partial charge in [0.05, 0.1) is 22.7 Å². The first-order valence-corrected chi connectivity index (χ1v) is 11.0. The van der Waals surface area contributed by atoms with Crippen molar-refractivity contribution < 1.29 is 13.2 Å². The van der Waals surface area contributed by atoms with Gasteiger partial charge in [-0.2, -0.15) is 4.98 Å². The molecule has 0 unspecified atom stereocenters. The van der Waals surface area contributed by atoms with Crippen LogP contribution in [0.25, 0.3) is 16.2 Å². The van der Waals surface area contributed by atoms with Gasteiger partial charge < -0.3 is 4.74 Å². The van der Waals surface area contributed by atoms with Crippen molar-refractivity contribution in [1.29, 1.82) is 0 Å². The van der Waals surface area contributed by atoms with Crippen LogP contribution in [0.4, 0.5) is 5.95 Å². The van der Waals surface area contributed by atoms with Gasteiger partial charge in [-0.1, -0.05) is 23.2 Å². The van der Waals surface area contributed by atoms with Crippen LogP contribution in [0.5, 0.6) is 5.75 Å². The Morgan fingerprint density at radius 1 is 1.14 bits per heavy atom. The molecule has 0 saturated carbocycles. The van der Waals surface area contributed by atoms with Gasteiger partial charge >= 0.3 is 0 Å². The van der Waals surface area contributed by atoms with E-state index < -0.39 is 10.0 Å². The summed E-state index contributed by atoms with van der Waals surface area (Å²) in [7, 11) is -2.33. The number of nitrogens with zero attached hydrogens (tertiary/aromatic N) is 3. The maximum Gasteiger partial charge on any atom is 0.264 e. The Hall–Kier alpha value is -2.33. The van der Waals surface area contributed by atoms with Crippen molar-refractivity contribution in [3.63, 3.8) is 0 Å². The Labute approximate surface area is 174 Å². The highest BCUT2D eigenvalue weighted by Crippen LogP contribution is 2.33. The average Bonchev–Trinajstić information content (AvgIpc) is 3.22. The van der Waals surface area contributed by atoms with Gasteiger partial charge in [-0.05, 0) is 42.5 Å². The number of hydrogen-bond acceptors (Lipinski definition) is 6. The number of aromatic nitrogens is 3. The zero-order chi connectivity index (χ0) is 19.9. The molecule has 0 bridgehead atoms. The van der Waals surface area contributed by atoms with Crippen LogP contribution < -0.4 is 9.46 Å². The summed E-state index contributed by atoms with van der Waals surface area (Å²) in [5.41, 5.74) is 1.40. The van der Waals surface area contributed by atoms with Crippen molar-refractivity contribution in [2.24, 2.45) is 0 Å². The molecule has 7 nitrogen and oxygen atoms in total. The highest BCUT2D eigenvalue weighted by atomic mass is 35.5. The van der Waals surface area contributed by atoms with Crippen molar-refractivity contribution in [3.8, 4) is 17.0 Å². The molecule has 0 saturated heterocycles. The fraction of sp³-hybridized carbons (Fsp3) is 0.0588. The van der Waals surface area contributed by atoms with Crippen molar-refractivity contribution in [2.75, 3.05) is 11.8 Å². The second-order valence-corrected chi connectivity index (χ2v) is 9.02. The fourth-order valence-corrected chi connectivity index (χ4v) is 4.81. The molecule has 4 rings (SSSR count). The second-order valence-electron chi connectivity index (χ2n) is 5.66. The molecule has 2 aromatic heterocycles. The van der Waals surface area contributed by atoms with Crippen LogP contribution in [0, 0.1) is 0 Å². The number of ether oxygens (including phenoxy) is 1. The van der Waals surface area contributed by atoms with E-state index in [1.165, 1.54) is 35.1 Å². The molecule has 0 atom stereocenters. The molecule has 2 heterocycles. The molecule has 1 N–H and O–H groups in total. The van der Waals surface area contributed by atoms with Crippen molar-refractivity contribution >= 4 is 55.5 Å². The van der Waals surface area contributed by atoms with E-state index >= 15 is 0 Å². The Balaban J connectivity index is 1.68. The van der Waals surface area contributed by atoms with Gasteiger partial charge in [0.25, 0.3) is 16.0 Å². The van der Waals surface area contributed by atoms with Gasteiger partial charge in [0.1, 0.15) is 5.75 Å². The number of nitrogens with one attached hydrogen (secondary N) is 1. The summed E-state index contributed by atoms with van der Waals surface area (Å²) in [6, 6.07) is 11.1. The van der Waals surface area contributed by atoms with Crippen LogP contribution in [0.2, 0.25) is 10.0 Å². The summed E-state index contributed by atoms with van der Waals surface area (Å²) in [4.78, 5) is 4.83. The number of fused-ring (bicyclic) bond motifs is 1. The molecule has 144 valence electrons. The van der Waals surface area contributed by atoms with Crippen LogP contribution in [-0.2, 0) is 10.0 Å². The summed E-state index contributed by atoms with van der Waals surface area (Å²) >= 11 is 13.5. The first-order chi connectivity index (χ1) is 13.4. The van der Waals surface area contributed by atoms with E-state index in [2.05, 4.69) is 14.8 Å². The van der Waals surface area contributed by atoms with Crippen molar-refractivity contribution in [1.82, 2.24) is 14.6 Å². The zero-order valence-electron chi connectivity index (χ0n) is 14.3. The lowest BCUT2D eigenvalue weighted by atomic mass is 10.2. The van der Waals surface area contributed by atoms with Crippen LogP contribution in [0.15, 0.2) is 52.7 Å². The fourth-order valence-electron chi connectivity index (χ4n) is 2.54. The van der Waals surface area contributed by atoms with E-state index in [1.54, 1.807) is 30.3 Å². The normalized spacial score (nSPS) is 11.7. The number of halogens is 2. The minimum atomic E-state index is -3.84. The molecule has 11 heteroatoms. The second kappa shape index (κ2) is 7.25. The third kappa shape index (κ3) is 3.53. The molecule has 0 amide bonds. The van der Waals surface area contributed by atoms with Gasteiger partial charge in [-0.3, -0.25) is 0 Å². The molecule has 0 aliphatic heterocycles. The standard InChI is InChI=1S/C17H12Cl2N4O3S2/c1-26-11-3-5-12(6-4-11)28(24,25)22-16-20-17-23(21-16)15(9-27-17)13-7-2-10(18)8-14(13)19/h2-9H,1H3,(H,21,22). The van der Waals surface area contributed by atoms with Gasteiger partial charge in [0.2, 0.25) is 4.96 Å². The molecule has 0 spiro atoms. The highest BCUT2D eigenvalue weighted by Gasteiger charge is 2.19. The molecule has 0 aliphatic rings. The van der Waals surface area contributed by atoms with Crippen LogP contribution in [0.3, 0.4) is 0 Å². The molecule has 0 fully saturated rings. The van der Waals surface area contributed by atoms with E-state index in [0.717, 1.165) is 0 Å². The molecular weight excluding hydrogens is 443 g/mol. The third-order valence-electron chi connectivity index (χ3n) is 3.88. The summed E-state index contributed by atoms with van der Waals surface area (Å²) in [6.45, 7) is 0. The predicted octanol–water partition coefficient (Wildman–Crippen LogP) is 4.57. The maximum absolute atomic E-state index is 12.6. The van der Waals surface area contributed by atoms with Crippen molar-refractivity contribution in [3.05, 3.63) is 57.9 Å². The van der Waals surface area contributed by atoms with Gasteiger partial charge in [-0.15, -0.1) is 16.4 Å². The molecule has 4 aromatic rings. The van der Waals surface area contributed by atoms with Gasteiger partial charge in [0.15, 0.2) is 0 Å². The van der Waals surface area contributed by atoms with Crippen LogP contribution >= 0.6 is 34.5 Å². The van der Waals surface area contributed by atoms with E-state index in [0.29, 0.717) is 32.0 Å². The third-order valence-corrected chi connectivity index (χ3v) is 6.59. The van der Waals surface area contributed by atoms with Gasteiger partial charge in [0, 0.05) is 16.0 Å². The van der Waals surface area contributed by atoms with E-state index in [4.69, 9.17) is 27.9 Å². The number of methoxy groups -OCH3 is 1. The lowest BCUT2D eigenvalue weighted by Gasteiger charge is -2.05. The first kappa shape index (κ1) is 19.0. The summed E-state index contributed by atoms with van der Waals surface area (Å²) in [5, 5.41) is 7.09. The van der Waals surface area contributed by atoms with Crippen molar-refractivity contribution in [2.45, 2.75) is 4.90 Å². The van der Waals surface area contributed by atoms with Crippen LogP contribution in [0.1, 0.15) is 0 Å². The van der Waals surface area contributed by atoms with Gasteiger partial charge in [-0.25, -0.2) is 17.7 Å². The Bertz CT molecular complexity index is 1270. The number of sulfonamides is 1. The lowest BCUT2D eigenvalue weighted by molar-refractivity contribution is 0.414. The van der Waals surface area contributed by atoms with E-state index in [1.807, 2.05) is 5.38 Å². The van der Waals surface area contributed by atoms with E-state index in [9.17, 15) is 8.42 Å². The minimum Gasteiger partial charge on any atom is -0.497 e. The summed E-state index contributed by atoms with van der Waals surface area (Å²) in [5.74, 6) is 0.526. The smallest absolute Gasteiger partial charge is 0.264 e. The number of anilines is 1. The maximum atomic E-state index is 12.6. The predicted molar refractivity (Wildman–Crippen MR) is 110 cm³/mol. The number of benzene rings is 2. The number of rotatable bonds is 5. The number of thiazole rings is 1. The lowest BCUT2D eigenvalue weighted by Crippen LogP contribution is -2.14. The zero-order valence-corrected chi connectivity index (χ0v) is 17.4. The topological polar surface area (TPSA) is 85.6 Å². The summed E-state index contributed by atoms with van der Waals surface area (Å²) < 4.78 is 34.1. The molecular formula is C17H12Cl2N4O3S2. The first-order valence-electron chi connectivity index (χ1n) is 7.84. The van der Waals surface area contributed by atoms with E-state index in [-0.39, 0.29) is 10.8 Å². The highest BCUT2D eigenvalue weighted by molar-refractivity contribution is 7.92. The Morgan fingerprint density at radius 3 is 2.57 bits per heavy atom. The Morgan fingerprint density at radius 2 is 1.89 bits per heavy atom. The monoisotopic (exact) mass is 454 g/mol. The summed E-state index contributed by atoms with van der Waals surface area (Å²) in [6.07, 6.45) is 0.